The van der Waals surface area contributed by atoms with Gasteiger partial charge in [0.25, 0.3) is 0 Å². The van der Waals surface area contributed by atoms with Gasteiger partial charge in [0.1, 0.15) is 0 Å². The van der Waals surface area contributed by atoms with Crippen LogP contribution in [0.15, 0.2) is 0 Å². The molecule has 0 aromatic heterocycles. The fourth-order valence-corrected chi connectivity index (χ4v) is 3.52. The highest BCUT2D eigenvalue weighted by Gasteiger charge is 2.39. The third-order valence-corrected chi connectivity index (χ3v) is 4.73. The van der Waals surface area contributed by atoms with Crippen LogP contribution in [-0.4, -0.2) is 42.8 Å². The zero-order chi connectivity index (χ0) is 15.3. The van der Waals surface area contributed by atoms with Crippen molar-refractivity contribution in [3.8, 4) is 0 Å². The van der Waals surface area contributed by atoms with Crippen LogP contribution >= 0.6 is 0 Å². The lowest BCUT2D eigenvalue weighted by Crippen LogP contribution is -2.45. The van der Waals surface area contributed by atoms with Gasteiger partial charge in [-0.1, -0.05) is 26.2 Å². The predicted octanol–water partition coefficient (Wildman–Crippen LogP) is 3.96. The summed E-state index contributed by atoms with van der Waals surface area (Å²) in [6.07, 6.45) is 4.69. The minimum atomic E-state index is -4.07. The maximum absolute atomic E-state index is 12.8. The van der Waals surface area contributed by atoms with E-state index in [9.17, 15) is 13.2 Å². The summed E-state index contributed by atoms with van der Waals surface area (Å²) in [6, 6.07) is 0.587. The number of hydrogen-bond donors (Lipinski definition) is 1. The molecule has 0 aromatic rings. The molecule has 2 saturated carbocycles. The molecule has 124 valence electrons. The summed E-state index contributed by atoms with van der Waals surface area (Å²) in [4.78, 5) is 1.70. The number of halogens is 3. The van der Waals surface area contributed by atoms with Gasteiger partial charge in [0.05, 0.1) is 6.54 Å². The average Bonchev–Trinajstić information content (AvgIpc) is 3.22. The predicted molar refractivity (Wildman–Crippen MR) is 79.3 cm³/mol. The molecule has 0 bridgehead atoms. The van der Waals surface area contributed by atoms with Crippen LogP contribution in [0.1, 0.15) is 58.3 Å². The van der Waals surface area contributed by atoms with Gasteiger partial charge < -0.3 is 5.32 Å². The van der Waals surface area contributed by atoms with Crippen LogP contribution in [0.3, 0.4) is 0 Å². The molecule has 5 heteroatoms. The molecule has 0 amide bonds. The van der Waals surface area contributed by atoms with Crippen molar-refractivity contribution in [2.24, 2.45) is 5.92 Å². The second-order valence-electron chi connectivity index (χ2n) is 6.73. The molecule has 2 nitrogen and oxygen atoms in total. The summed E-state index contributed by atoms with van der Waals surface area (Å²) in [5.74, 6) is 0.377. The lowest BCUT2D eigenvalue weighted by molar-refractivity contribution is -0.148. The number of nitrogens with zero attached hydrogens (tertiary/aromatic N) is 1. The highest BCUT2D eigenvalue weighted by molar-refractivity contribution is 4.90. The molecule has 2 rings (SSSR count). The average molecular weight is 306 g/mol. The normalized spacial score (nSPS) is 27.9. The van der Waals surface area contributed by atoms with Gasteiger partial charge in [-0.3, -0.25) is 4.90 Å². The molecule has 2 aliphatic carbocycles. The molecule has 2 aliphatic rings. The van der Waals surface area contributed by atoms with Gasteiger partial charge in [0.15, 0.2) is 0 Å². The summed E-state index contributed by atoms with van der Waals surface area (Å²) in [7, 11) is 0. The van der Waals surface area contributed by atoms with Crippen LogP contribution in [0.5, 0.6) is 0 Å². The van der Waals surface area contributed by atoms with Crippen LogP contribution in [0, 0.1) is 5.92 Å². The van der Waals surface area contributed by atoms with E-state index in [0.717, 1.165) is 38.6 Å². The Bertz CT molecular complexity index is 302. The molecular formula is C16H29F3N2. The molecule has 1 N–H and O–H groups in total. The zero-order valence-corrected chi connectivity index (χ0v) is 13.1. The molecule has 0 spiro atoms. The van der Waals surface area contributed by atoms with Gasteiger partial charge in [-0.05, 0) is 44.6 Å². The van der Waals surface area contributed by atoms with Crippen LogP contribution in [0.4, 0.5) is 13.2 Å². The van der Waals surface area contributed by atoms with Crippen molar-refractivity contribution < 1.29 is 13.2 Å². The molecular weight excluding hydrogens is 277 g/mol. The summed E-state index contributed by atoms with van der Waals surface area (Å²) in [5.41, 5.74) is 0. The lowest BCUT2D eigenvalue weighted by Gasteiger charge is -2.32. The smallest absolute Gasteiger partial charge is 0.314 e. The zero-order valence-electron chi connectivity index (χ0n) is 13.1. The van der Waals surface area contributed by atoms with E-state index in [-0.39, 0.29) is 6.04 Å². The first kappa shape index (κ1) is 17.1. The van der Waals surface area contributed by atoms with Crippen molar-refractivity contribution in [3.63, 3.8) is 0 Å². The topological polar surface area (TPSA) is 15.3 Å². The molecule has 2 unspecified atom stereocenters. The van der Waals surface area contributed by atoms with Crippen LogP contribution in [0.2, 0.25) is 0 Å². The van der Waals surface area contributed by atoms with Crippen molar-refractivity contribution >= 4 is 0 Å². The highest BCUT2D eigenvalue weighted by atomic mass is 19.4. The highest BCUT2D eigenvalue weighted by Crippen LogP contribution is 2.33. The Morgan fingerprint density at radius 2 is 1.76 bits per heavy atom. The van der Waals surface area contributed by atoms with E-state index >= 15 is 0 Å². The monoisotopic (exact) mass is 306 g/mol. The van der Waals surface area contributed by atoms with Crippen molar-refractivity contribution in [2.45, 2.75) is 76.6 Å². The summed E-state index contributed by atoms with van der Waals surface area (Å²) >= 11 is 0. The molecule has 2 fully saturated rings. The van der Waals surface area contributed by atoms with Gasteiger partial charge in [-0.2, -0.15) is 13.2 Å². The molecule has 0 saturated heterocycles. The third-order valence-electron chi connectivity index (χ3n) is 4.73. The Kier molecular flexibility index (Phi) is 6.35. The van der Waals surface area contributed by atoms with E-state index < -0.39 is 12.7 Å². The van der Waals surface area contributed by atoms with Crippen molar-refractivity contribution in [1.29, 1.82) is 0 Å². The molecule has 21 heavy (non-hydrogen) atoms. The van der Waals surface area contributed by atoms with Crippen molar-refractivity contribution in [3.05, 3.63) is 0 Å². The van der Waals surface area contributed by atoms with Crippen LogP contribution < -0.4 is 5.32 Å². The Morgan fingerprint density at radius 3 is 2.38 bits per heavy atom. The SMILES string of the molecule is CCCNC1CCCCCC1CN(CC(F)(F)F)C1CC1. The van der Waals surface area contributed by atoms with Gasteiger partial charge in [-0.25, -0.2) is 0 Å². The first-order chi connectivity index (χ1) is 9.99. The van der Waals surface area contributed by atoms with Crippen LogP contribution in [-0.2, 0) is 0 Å². The fourth-order valence-electron chi connectivity index (χ4n) is 3.52. The fraction of sp³-hybridized carbons (Fsp3) is 1.00. The van der Waals surface area contributed by atoms with E-state index in [2.05, 4.69) is 12.2 Å². The Morgan fingerprint density at radius 1 is 1.05 bits per heavy atom. The number of alkyl halides is 3. The second kappa shape index (κ2) is 7.82. The van der Waals surface area contributed by atoms with Crippen molar-refractivity contribution in [1.82, 2.24) is 10.2 Å². The molecule has 0 heterocycles. The first-order valence-electron chi connectivity index (χ1n) is 8.54. The molecule has 0 aliphatic heterocycles. The Hall–Kier alpha value is -0.290. The summed E-state index contributed by atoms with van der Waals surface area (Å²) in [6.45, 7) is 3.00. The number of nitrogens with one attached hydrogen (secondary N) is 1. The van der Waals surface area contributed by atoms with Gasteiger partial charge in [-0.15, -0.1) is 0 Å². The minimum Gasteiger partial charge on any atom is -0.314 e. The maximum Gasteiger partial charge on any atom is 0.401 e. The van der Waals surface area contributed by atoms with Crippen LogP contribution in [0.25, 0.3) is 0 Å². The van der Waals surface area contributed by atoms with E-state index in [1.54, 1.807) is 4.90 Å². The number of rotatable bonds is 7. The van der Waals surface area contributed by atoms with E-state index in [1.165, 1.54) is 19.3 Å². The van der Waals surface area contributed by atoms with E-state index in [4.69, 9.17) is 0 Å². The molecule has 0 aromatic carbocycles. The first-order valence-corrected chi connectivity index (χ1v) is 8.54. The van der Waals surface area contributed by atoms with E-state index in [1.807, 2.05) is 0 Å². The summed E-state index contributed by atoms with van der Waals surface area (Å²) in [5, 5.41) is 3.58. The van der Waals surface area contributed by atoms with Gasteiger partial charge >= 0.3 is 6.18 Å². The Labute approximate surface area is 126 Å². The maximum atomic E-state index is 12.8. The standard InChI is InChI=1S/C16H29F3N2/c1-2-10-20-15-7-5-3-4-6-13(15)11-21(14-8-9-14)12-16(17,18)19/h13-15,20H,2-12H2,1H3. The lowest BCUT2D eigenvalue weighted by atomic mass is 9.93. The summed E-state index contributed by atoms with van der Waals surface area (Å²) < 4.78 is 38.3. The Balaban J connectivity index is 1.94. The second-order valence-corrected chi connectivity index (χ2v) is 6.73. The number of hydrogen-bond acceptors (Lipinski definition) is 2. The van der Waals surface area contributed by atoms with E-state index in [0.29, 0.717) is 18.5 Å². The van der Waals surface area contributed by atoms with Crippen molar-refractivity contribution in [2.75, 3.05) is 19.6 Å². The largest absolute Gasteiger partial charge is 0.401 e. The molecule has 0 radical (unpaired) electrons. The minimum absolute atomic E-state index is 0.182. The molecule has 2 atom stereocenters. The van der Waals surface area contributed by atoms with Gasteiger partial charge in [0.2, 0.25) is 0 Å². The quantitative estimate of drug-likeness (QED) is 0.716. The van der Waals surface area contributed by atoms with Gasteiger partial charge in [0, 0.05) is 18.6 Å². The third kappa shape index (κ3) is 6.15.